The van der Waals surface area contributed by atoms with Crippen LogP contribution in [-0.4, -0.2) is 29.6 Å². The smallest absolute Gasteiger partial charge is 0.326 e. The summed E-state index contributed by atoms with van der Waals surface area (Å²) in [5.74, 6) is -1.28. The monoisotopic (exact) mass is 349 g/mol. The molecular weight excluding hydrogens is 334 g/mol. The molecule has 2 aromatic carbocycles. The fourth-order valence-electron chi connectivity index (χ4n) is 2.15. The SMILES string of the molecule is N#Cc1ccc(C(=O)N[C@@H](CCOc2cccc(C#N)c2)C(=O)O)cc1. The summed E-state index contributed by atoms with van der Waals surface area (Å²) in [7, 11) is 0. The molecule has 0 bridgehead atoms. The number of amides is 1. The maximum atomic E-state index is 12.1. The number of benzene rings is 2. The molecule has 0 saturated carbocycles. The molecule has 0 aliphatic carbocycles. The van der Waals surface area contributed by atoms with Crippen molar-refractivity contribution < 1.29 is 19.4 Å². The van der Waals surface area contributed by atoms with Crippen LogP contribution in [-0.2, 0) is 4.79 Å². The number of carbonyl (C=O) groups is 2. The highest BCUT2D eigenvalue weighted by Crippen LogP contribution is 2.13. The second kappa shape index (κ2) is 8.86. The summed E-state index contributed by atoms with van der Waals surface area (Å²) in [6, 6.07) is 15.2. The molecule has 0 fully saturated rings. The van der Waals surface area contributed by atoms with Crippen molar-refractivity contribution in [2.45, 2.75) is 12.5 Å². The van der Waals surface area contributed by atoms with Gasteiger partial charge < -0.3 is 15.2 Å². The molecule has 1 amide bonds. The third kappa shape index (κ3) is 5.08. The lowest BCUT2D eigenvalue weighted by Crippen LogP contribution is -2.41. The van der Waals surface area contributed by atoms with E-state index in [-0.39, 0.29) is 18.6 Å². The third-order valence-electron chi connectivity index (χ3n) is 3.52. The summed E-state index contributed by atoms with van der Waals surface area (Å²) < 4.78 is 5.44. The predicted octanol–water partition coefficient (Wildman–Crippen LogP) is 2.08. The van der Waals surface area contributed by atoms with Gasteiger partial charge in [0, 0.05) is 12.0 Å². The van der Waals surface area contributed by atoms with Gasteiger partial charge in [0.05, 0.1) is 29.9 Å². The van der Waals surface area contributed by atoms with E-state index in [1.807, 2.05) is 12.1 Å². The minimum atomic E-state index is -1.18. The Morgan fingerprint density at radius 1 is 1.08 bits per heavy atom. The topological polar surface area (TPSA) is 123 Å². The van der Waals surface area contributed by atoms with E-state index in [0.29, 0.717) is 16.9 Å². The van der Waals surface area contributed by atoms with Gasteiger partial charge in [0.1, 0.15) is 11.8 Å². The Hall–Kier alpha value is -3.84. The normalized spacial score (nSPS) is 10.8. The number of nitrogens with zero attached hydrogens (tertiary/aromatic N) is 2. The number of nitriles is 2. The average Bonchev–Trinajstić information content (AvgIpc) is 2.67. The summed E-state index contributed by atoms with van der Waals surface area (Å²) in [5, 5.41) is 29.3. The Bertz CT molecular complexity index is 879. The Morgan fingerprint density at radius 2 is 1.77 bits per heavy atom. The van der Waals surface area contributed by atoms with Crippen molar-refractivity contribution in [2.75, 3.05) is 6.61 Å². The molecule has 26 heavy (non-hydrogen) atoms. The third-order valence-corrected chi connectivity index (χ3v) is 3.52. The van der Waals surface area contributed by atoms with Gasteiger partial charge in [-0.3, -0.25) is 4.79 Å². The predicted molar refractivity (Wildman–Crippen MR) is 91.3 cm³/mol. The van der Waals surface area contributed by atoms with Crippen molar-refractivity contribution in [1.29, 1.82) is 10.5 Å². The number of carbonyl (C=O) groups excluding carboxylic acids is 1. The first kappa shape index (κ1) is 18.5. The van der Waals surface area contributed by atoms with Crippen LogP contribution in [0.1, 0.15) is 27.9 Å². The molecule has 130 valence electrons. The molecule has 1 atom stereocenters. The van der Waals surface area contributed by atoms with Crippen molar-refractivity contribution in [1.82, 2.24) is 5.32 Å². The summed E-state index contributed by atoms with van der Waals surface area (Å²) in [6.45, 7) is 0.0551. The zero-order chi connectivity index (χ0) is 18.9. The molecule has 0 saturated heterocycles. The van der Waals surface area contributed by atoms with Gasteiger partial charge in [-0.15, -0.1) is 0 Å². The summed E-state index contributed by atoms with van der Waals surface area (Å²) in [6.07, 6.45) is 0.0497. The van der Waals surface area contributed by atoms with Crippen molar-refractivity contribution in [2.24, 2.45) is 0 Å². The molecule has 0 unspecified atom stereocenters. The van der Waals surface area contributed by atoms with E-state index in [9.17, 15) is 14.7 Å². The van der Waals surface area contributed by atoms with Crippen LogP contribution in [0.2, 0.25) is 0 Å². The molecule has 2 rings (SSSR count). The highest BCUT2D eigenvalue weighted by Gasteiger charge is 2.20. The molecule has 0 spiro atoms. The van der Waals surface area contributed by atoms with Gasteiger partial charge >= 0.3 is 5.97 Å². The van der Waals surface area contributed by atoms with Gasteiger partial charge in [-0.25, -0.2) is 4.79 Å². The van der Waals surface area contributed by atoms with E-state index in [4.69, 9.17) is 15.3 Å². The number of carboxylic acid groups (broad SMARTS) is 1. The highest BCUT2D eigenvalue weighted by atomic mass is 16.5. The van der Waals surface area contributed by atoms with Crippen LogP contribution in [0.25, 0.3) is 0 Å². The van der Waals surface area contributed by atoms with Crippen molar-refractivity contribution in [3.8, 4) is 17.9 Å². The van der Waals surface area contributed by atoms with Crippen LogP contribution in [0, 0.1) is 22.7 Å². The van der Waals surface area contributed by atoms with Crippen molar-refractivity contribution in [3.05, 3.63) is 65.2 Å². The van der Waals surface area contributed by atoms with Crippen LogP contribution in [0.15, 0.2) is 48.5 Å². The molecule has 7 nitrogen and oxygen atoms in total. The largest absolute Gasteiger partial charge is 0.493 e. The van der Waals surface area contributed by atoms with Gasteiger partial charge in [-0.1, -0.05) is 6.07 Å². The Labute approximate surface area is 150 Å². The molecule has 0 radical (unpaired) electrons. The number of hydrogen-bond donors (Lipinski definition) is 2. The van der Waals surface area contributed by atoms with Gasteiger partial charge in [0.2, 0.25) is 0 Å². The lowest BCUT2D eigenvalue weighted by Gasteiger charge is -2.15. The maximum absolute atomic E-state index is 12.1. The second-order valence-electron chi connectivity index (χ2n) is 5.33. The minimum Gasteiger partial charge on any atom is -0.493 e. The molecular formula is C19H15N3O4. The van der Waals surface area contributed by atoms with Gasteiger partial charge in [-0.2, -0.15) is 10.5 Å². The van der Waals surface area contributed by atoms with Crippen LogP contribution in [0.3, 0.4) is 0 Å². The Balaban J connectivity index is 1.93. The fourth-order valence-corrected chi connectivity index (χ4v) is 2.15. The quantitative estimate of drug-likeness (QED) is 0.789. The first-order valence-corrected chi connectivity index (χ1v) is 7.70. The lowest BCUT2D eigenvalue weighted by molar-refractivity contribution is -0.139. The summed E-state index contributed by atoms with van der Waals surface area (Å²) in [5.41, 5.74) is 1.11. The number of rotatable bonds is 7. The Kier molecular flexibility index (Phi) is 6.30. The zero-order valence-electron chi connectivity index (χ0n) is 13.7. The zero-order valence-corrected chi connectivity index (χ0v) is 13.7. The average molecular weight is 349 g/mol. The van der Waals surface area contributed by atoms with Crippen LogP contribution < -0.4 is 10.1 Å². The molecule has 2 N–H and O–H groups in total. The first-order chi connectivity index (χ1) is 12.5. The van der Waals surface area contributed by atoms with E-state index in [1.165, 1.54) is 24.3 Å². The number of ether oxygens (including phenoxy) is 1. The molecule has 0 aliphatic heterocycles. The van der Waals surface area contributed by atoms with E-state index in [2.05, 4.69) is 5.32 Å². The molecule has 0 heterocycles. The van der Waals surface area contributed by atoms with Gasteiger partial charge in [0.25, 0.3) is 5.91 Å². The first-order valence-electron chi connectivity index (χ1n) is 7.70. The summed E-state index contributed by atoms with van der Waals surface area (Å²) >= 11 is 0. The summed E-state index contributed by atoms with van der Waals surface area (Å²) in [4.78, 5) is 23.5. The van der Waals surface area contributed by atoms with Crippen LogP contribution in [0.4, 0.5) is 0 Å². The Morgan fingerprint density at radius 3 is 2.38 bits per heavy atom. The fraction of sp³-hybridized carbons (Fsp3) is 0.158. The van der Waals surface area contributed by atoms with Crippen molar-refractivity contribution in [3.63, 3.8) is 0 Å². The van der Waals surface area contributed by atoms with E-state index in [1.54, 1.807) is 24.3 Å². The minimum absolute atomic E-state index is 0.0497. The highest BCUT2D eigenvalue weighted by molar-refractivity contribution is 5.96. The van der Waals surface area contributed by atoms with Gasteiger partial charge in [-0.05, 0) is 42.5 Å². The van der Waals surface area contributed by atoms with Crippen LogP contribution in [0.5, 0.6) is 5.75 Å². The standard InChI is InChI=1S/C19H15N3O4/c20-11-13-4-6-15(7-5-13)18(23)22-17(19(24)25)8-9-26-16-3-1-2-14(10-16)12-21/h1-7,10,17H,8-9H2,(H,22,23)(H,24,25)/t17-/m0/s1. The second-order valence-corrected chi connectivity index (χ2v) is 5.33. The number of nitrogens with one attached hydrogen (secondary N) is 1. The van der Waals surface area contributed by atoms with Gasteiger partial charge in [0.15, 0.2) is 0 Å². The molecule has 7 heteroatoms. The lowest BCUT2D eigenvalue weighted by atomic mass is 10.1. The molecule has 2 aromatic rings. The molecule has 0 aromatic heterocycles. The maximum Gasteiger partial charge on any atom is 0.326 e. The number of carboxylic acids is 1. The van der Waals surface area contributed by atoms with E-state index >= 15 is 0 Å². The van der Waals surface area contributed by atoms with Crippen molar-refractivity contribution >= 4 is 11.9 Å². The number of aliphatic carboxylic acids is 1. The van der Waals surface area contributed by atoms with Crippen LogP contribution >= 0.6 is 0 Å². The number of hydrogen-bond acceptors (Lipinski definition) is 5. The van der Waals surface area contributed by atoms with E-state index < -0.39 is 17.9 Å². The molecule has 0 aliphatic rings. The van der Waals surface area contributed by atoms with E-state index in [0.717, 1.165) is 0 Å².